The predicted octanol–water partition coefficient (Wildman–Crippen LogP) is 0.789. The SMILES string of the molecule is CC(C)=CC(=O)N[C@@H](C)CN1CCOCC1. The zero-order valence-electron chi connectivity index (χ0n) is 10.5. The van der Waals surface area contributed by atoms with E-state index < -0.39 is 0 Å². The molecule has 0 aromatic rings. The van der Waals surface area contributed by atoms with Gasteiger partial charge in [-0.15, -0.1) is 0 Å². The van der Waals surface area contributed by atoms with Gasteiger partial charge in [-0.2, -0.15) is 0 Å². The quantitative estimate of drug-likeness (QED) is 0.721. The van der Waals surface area contributed by atoms with Gasteiger partial charge in [0.25, 0.3) is 0 Å². The van der Waals surface area contributed by atoms with E-state index >= 15 is 0 Å². The van der Waals surface area contributed by atoms with Crippen molar-refractivity contribution < 1.29 is 9.53 Å². The number of nitrogens with one attached hydrogen (secondary N) is 1. The van der Waals surface area contributed by atoms with E-state index in [1.165, 1.54) is 0 Å². The molecule has 1 amide bonds. The number of rotatable bonds is 4. The van der Waals surface area contributed by atoms with Gasteiger partial charge < -0.3 is 10.1 Å². The number of morpholine rings is 1. The van der Waals surface area contributed by atoms with Crippen LogP contribution in [0.3, 0.4) is 0 Å². The van der Waals surface area contributed by atoms with Crippen LogP contribution in [0.5, 0.6) is 0 Å². The van der Waals surface area contributed by atoms with E-state index in [-0.39, 0.29) is 11.9 Å². The Morgan fingerprint density at radius 3 is 2.62 bits per heavy atom. The first kappa shape index (κ1) is 13.2. The van der Waals surface area contributed by atoms with Crippen LogP contribution in [0.4, 0.5) is 0 Å². The minimum atomic E-state index is 0.000703. The van der Waals surface area contributed by atoms with Crippen LogP contribution >= 0.6 is 0 Å². The number of amides is 1. The smallest absolute Gasteiger partial charge is 0.244 e. The lowest BCUT2D eigenvalue weighted by molar-refractivity contribution is -0.117. The van der Waals surface area contributed by atoms with E-state index in [9.17, 15) is 4.79 Å². The Morgan fingerprint density at radius 1 is 1.44 bits per heavy atom. The zero-order valence-corrected chi connectivity index (χ0v) is 10.5. The van der Waals surface area contributed by atoms with Crippen molar-refractivity contribution in [2.75, 3.05) is 32.8 Å². The van der Waals surface area contributed by atoms with Crippen LogP contribution in [0.15, 0.2) is 11.6 Å². The molecule has 4 heteroatoms. The van der Waals surface area contributed by atoms with Gasteiger partial charge in [0, 0.05) is 31.8 Å². The zero-order chi connectivity index (χ0) is 12.0. The van der Waals surface area contributed by atoms with E-state index in [0.717, 1.165) is 38.4 Å². The van der Waals surface area contributed by atoms with Crippen molar-refractivity contribution in [3.8, 4) is 0 Å². The maximum Gasteiger partial charge on any atom is 0.244 e. The van der Waals surface area contributed by atoms with Crippen molar-refractivity contribution in [3.05, 3.63) is 11.6 Å². The molecule has 0 radical (unpaired) electrons. The Morgan fingerprint density at radius 2 is 2.06 bits per heavy atom. The summed E-state index contributed by atoms with van der Waals surface area (Å²) < 4.78 is 5.28. The van der Waals surface area contributed by atoms with Crippen LogP contribution in [-0.2, 0) is 9.53 Å². The van der Waals surface area contributed by atoms with Crippen molar-refractivity contribution in [2.24, 2.45) is 0 Å². The third kappa shape index (κ3) is 5.28. The average Bonchev–Trinajstić information content (AvgIpc) is 2.17. The summed E-state index contributed by atoms with van der Waals surface area (Å²) in [5.74, 6) is 0.000703. The molecular formula is C12H22N2O2. The van der Waals surface area contributed by atoms with Gasteiger partial charge in [-0.05, 0) is 20.8 Å². The number of ether oxygens (including phenoxy) is 1. The molecule has 1 saturated heterocycles. The van der Waals surface area contributed by atoms with Gasteiger partial charge in [0.15, 0.2) is 0 Å². The summed E-state index contributed by atoms with van der Waals surface area (Å²) in [6.07, 6.45) is 1.63. The maximum atomic E-state index is 11.5. The molecule has 1 fully saturated rings. The standard InChI is InChI=1S/C12H22N2O2/c1-10(2)8-12(15)13-11(3)9-14-4-6-16-7-5-14/h8,11H,4-7,9H2,1-3H3,(H,13,15)/t11-/m0/s1. The normalized spacial score (nSPS) is 18.9. The van der Waals surface area contributed by atoms with E-state index in [4.69, 9.17) is 4.74 Å². The number of nitrogens with zero attached hydrogens (tertiary/aromatic N) is 1. The van der Waals surface area contributed by atoms with Crippen molar-refractivity contribution in [2.45, 2.75) is 26.8 Å². The molecule has 16 heavy (non-hydrogen) atoms. The monoisotopic (exact) mass is 226 g/mol. The van der Waals surface area contributed by atoms with Crippen LogP contribution in [0, 0.1) is 0 Å². The summed E-state index contributed by atoms with van der Waals surface area (Å²) in [5, 5.41) is 2.96. The lowest BCUT2D eigenvalue weighted by Gasteiger charge is -2.29. The fourth-order valence-corrected chi connectivity index (χ4v) is 1.76. The highest BCUT2D eigenvalue weighted by molar-refractivity contribution is 5.88. The molecule has 1 N–H and O–H groups in total. The summed E-state index contributed by atoms with van der Waals surface area (Å²) in [6.45, 7) is 10.3. The summed E-state index contributed by atoms with van der Waals surface area (Å²) in [7, 11) is 0. The molecule has 0 bridgehead atoms. The first-order valence-corrected chi connectivity index (χ1v) is 5.83. The molecule has 1 aliphatic rings. The van der Waals surface area contributed by atoms with Crippen LogP contribution in [-0.4, -0.2) is 49.7 Å². The summed E-state index contributed by atoms with van der Waals surface area (Å²) in [4.78, 5) is 13.8. The number of hydrogen-bond acceptors (Lipinski definition) is 3. The molecule has 1 rings (SSSR count). The summed E-state index contributed by atoms with van der Waals surface area (Å²) >= 11 is 0. The topological polar surface area (TPSA) is 41.6 Å². The Labute approximate surface area is 97.6 Å². The van der Waals surface area contributed by atoms with Crippen molar-refractivity contribution in [1.82, 2.24) is 10.2 Å². The highest BCUT2D eigenvalue weighted by atomic mass is 16.5. The second-order valence-electron chi connectivity index (χ2n) is 4.54. The molecule has 1 atom stereocenters. The Bertz CT molecular complexity index is 254. The Kier molecular flexibility index (Phi) is 5.49. The van der Waals surface area contributed by atoms with Gasteiger partial charge in [-0.3, -0.25) is 9.69 Å². The van der Waals surface area contributed by atoms with Crippen LogP contribution < -0.4 is 5.32 Å². The molecule has 1 aliphatic heterocycles. The fourth-order valence-electron chi connectivity index (χ4n) is 1.76. The molecule has 0 aromatic carbocycles. The molecule has 0 saturated carbocycles. The Balaban J connectivity index is 2.26. The van der Waals surface area contributed by atoms with Gasteiger partial charge in [0.2, 0.25) is 5.91 Å². The molecule has 0 aromatic heterocycles. The first-order valence-electron chi connectivity index (χ1n) is 5.83. The summed E-state index contributed by atoms with van der Waals surface area (Å²) in [6, 6.07) is 0.182. The molecule has 92 valence electrons. The summed E-state index contributed by atoms with van der Waals surface area (Å²) in [5.41, 5.74) is 1.02. The third-order valence-electron chi connectivity index (χ3n) is 2.44. The van der Waals surface area contributed by atoms with Gasteiger partial charge in [-0.1, -0.05) is 5.57 Å². The van der Waals surface area contributed by atoms with Crippen LogP contribution in [0.2, 0.25) is 0 Å². The van der Waals surface area contributed by atoms with E-state index in [2.05, 4.69) is 10.2 Å². The largest absolute Gasteiger partial charge is 0.379 e. The third-order valence-corrected chi connectivity index (χ3v) is 2.44. The Hall–Kier alpha value is -0.870. The molecule has 0 unspecified atom stereocenters. The van der Waals surface area contributed by atoms with Crippen LogP contribution in [0.25, 0.3) is 0 Å². The minimum Gasteiger partial charge on any atom is -0.379 e. The highest BCUT2D eigenvalue weighted by Crippen LogP contribution is 1.98. The second-order valence-corrected chi connectivity index (χ2v) is 4.54. The highest BCUT2D eigenvalue weighted by Gasteiger charge is 2.14. The lowest BCUT2D eigenvalue weighted by atomic mass is 10.2. The number of hydrogen-bond donors (Lipinski definition) is 1. The molecule has 4 nitrogen and oxygen atoms in total. The number of allylic oxidation sites excluding steroid dienone is 1. The number of carbonyl (C=O) groups excluding carboxylic acids is 1. The molecule has 0 spiro atoms. The molecule has 1 heterocycles. The number of carbonyl (C=O) groups is 1. The second kappa shape index (κ2) is 6.66. The van der Waals surface area contributed by atoms with Crippen molar-refractivity contribution >= 4 is 5.91 Å². The van der Waals surface area contributed by atoms with Crippen molar-refractivity contribution in [3.63, 3.8) is 0 Å². The van der Waals surface area contributed by atoms with Crippen molar-refractivity contribution in [1.29, 1.82) is 0 Å². The predicted molar refractivity (Wildman–Crippen MR) is 64.3 cm³/mol. The fraction of sp³-hybridized carbons (Fsp3) is 0.750. The molecular weight excluding hydrogens is 204 g/mol. The maximum absolute atomic E-state index is 11.5. The minimum absolute atomic E-state index is 0.000703. The van der Waals surface area contributed by atoms with E-state index in [1.807, 2.05) is 20.8 Å². The van der Waals surface area contributed by atoms with Gasteiger partial charge in [0.05, 0.1) is 13.2 Å². The first-order chi connectivity index (χ1) is 7.58. The van der Waals surface area contributed by atoms with E-state index in [1.54, 1.807) is 6.08 Å². The van der Waals surface area contributed by atoms with Gasteiger partial charge >= 0.3 is 0 Å². The lowest BCUT2D eigenvalue weighted by Crippen LogP contribution is -2.45. The van der Waals surface area contributed by atoms with Crippen LogP contribution in [0.1, 0.15) is 20.8 Å². The average molecular weight is 226 g/mol. The molecule has 0 aliphatic carbocycles. The van der Waals surface area contributed by atoms with Gasteiger partial charge in [-0.25, -0.2) is 0 Å². The van der Waals surface area contributed by atoms with E-state index in [0.29, 0.717) is 0 Å². The van der Waals surface area contributed by atoms with Gasteiger partial charge in [0.1, 0.15) is 0 Å².